The van der Waals surface area contributed by atoms with E-state index >= 15 is 0 Å². The third-order valence-electron chi connectivity index (χ3n) is 4.28. The molecule has 1 atom stereocenters. The van der Waals surface area contributed by atoms with Crippen molar-refractivity contribution in [1.82, 2.24) is 10.0 Å². The number of benzene rings is 2. The first-order valence-corrected chi connectivity index (χ1v) is 11.2. The average molecular weight is 465 g/mol. The molecule has 1 unspecified atom stereocenters. The number of ether oxygens (including phenoxy) is 1. The van der Waals surface area contributed by atoms with E-state index in [1.165, 1.54) is 18.2 Å². The van der Waals surface area contributed by atoms with Gasteiger partial charge >= 0.3 is 0 Å². The van der Waals surface area contributed by atoms with Crippen molar-refractivity contribution in [3.8, 4) is 5.75 Å². The summed E-state index contributed by atoms with van der Waals surface area (Å²) in [5.74, 6) is 0.559. The van der Waals surface area contributed by atoms with Gasteiger partial charge in [0, 0.05) is 29.1 Å². The molecule has 6 nitrogen and oxygen atoms in total. The van der Waals surface area contributed by atoms with Gasteiger partial charge in [-0.2, -0.15) is 0 Å². The molecular weight excluding hydrogens is 444 g/mol. The summed E-state index contributed by atoms with van der Waals surface area (Å²) < 4.78 is 32.9. The van der Waals surface area contributed by atoms with E-state index in [0.29, 0.717) is 19.6 Å². The summed E-state index contributed by atoms with van der Waals surface area (Å²) in [6, 6.07) is 12.0. The fourth-order valence-corrected chi connectivity index (χ4v) is 4.36. The van der Waals surface area contributed by atoms with Crippen LogP contribution in [0.2, 0.25) is 0 Å². The van der Waals surface area contributed by atoms with Crippen molar-refractivity contribution in [2.45, 2.75) is 24.3 Å². The van der Waals surface area contributed by atoms with E-state index in [2.05, 4.69) is 26.0 Å². The molecule has 0 spiro atoms. The summed E-state index contributed by atoms with van der Waals surface area (Å²) in [4.78, 5) is 12.5. The molecule has 8 heteroatoms. The molecule has 0 aliphatic carbocycles. The maximum Gasteiger partial charge on any atom is 0.244 e. The van der Waals surface area contributed by atoms with Crippen molar-refractivity contribution in [3.05, 3.63) is 64.1 Å². The van der Waals surface area contributed by atoms with Gasteiger partial charge in [0.25, 0.3) is 0 Å². The molecular formula is C20H21BrN2O4S. The highest BCUT2D eigenvalue weighted by Gasteiger charge is 2.22. The normalized spacial score (nSPS) is 16.4. The van der Waals surface area contributed by atoms with Gasteiger partial charge in [-0.15, -0.1) is 0 Å². The van der Waals surface area contributed by atoms with Gasteiger partial charge < -0.3 is 10.1 Å². The Balaban J connectivity index is 1.66. The summed E-state index contributed by atoms with van der Waals surface area (Å²) >= 11 is 3.45. The maximum atomic E-state index is 12.3. The number of carbonyl (C=O) groups is 1. The first-order chi connectivity index (χ1) is 13.4. The highest BCUT2D eigenvalue weighted by molar-refractivity contribution is 9.10. The second kappa shape index (κ2) is 8.89. The van der Waals surface area contributed by atoms with E-state index in [1.54, 1.807) is 25.1 Å². The predicted octanol–water partition coefficient (Wildman–Crippen LogP) is 3.40. The standard InChI is InChI=1S/C20H21BrN2O4S/c1-2-22-28(25,26)16-7-3-14(4-8-16)5-10-20(24)23-18-11-12-27-19-9-6-15(21)13-17(18)19/h3-10,13,18,22H,2,11-12H2,1H3,(H,23,24)/b10-5+. The molecule has 1 heterocycles. The molecule has 0 aromatic heterocycles. The van der Waals surface area contributed by atoms with Gasteiger partial charge in [0.2, 0.25) is 15.9 Å². The Bertz CT molecular complexity index is 988. The van der Waals surface area contributed by atoms with Gasteiger partial charge in [-0.25, -0.2) is 13.1 Å². The maximum absolute atomic E-state index is 12.3. The lowest BCUT2D eigenvalue weighted by molar-refractivity contribution is -0.117. The van der Waals surface area contributed by atoms with Crippen LogP contribution >= 0.6 is 15.9 Å². The number of nitrogens with one attached hydrogen (secondary N) is 2. The summed E-state index contributed by atoms with van der Waals surface area (Å²) in [6.45, 7) is 2.60. The SMILES string of the molecule is CCNS(=O)(=O)c1ccc(/C=C/C(=O)NC2CCOc3ccc(Br)cc32)cc1. The molecule has 2 aromatic rings. The fraction of sp³-hybridized carbons (Fsp3) is 0.250. The number of hydrogen-bond donors (Lipinski definition) is 2. The van der Waals surface area contributed by atoms with E-state index in [0.717, 1.165) is 21.3 Å². The molecule has 1 aliphatic rings. The van der Waals surface area contributed by atoms with E-state index in [1.807, 2.05) is 18.2 Å². The van der Waals surface area contributed by atoms with Crippen molar-refractivity contribution >= 4 is 37.9 Å². The average Bonchev–Trinajstić information content (AvgIpc) is 2.67. The number of hydrogen-bond acceptors (Lipinski definition) is 4. The summed E-state index contributed by atoms with van der Waals surface area (Å²) in [6.07, 6.45) is 3.79. The molecule has 2 aromatic carbocycles. The smallest absolute Gasteiger partial charge is 0.244 e. The number of rotatable bonds is 6. The number of halogens is 1. The Hall–Kier alpha value is -2.16. The molecule has 28 heavy (non-hydrogen) atoms. The van der Waals surface area contributed by atoms with Crippen molar-refractivity contribution in [2.24, 2.45) is 0 Å². The second-order valence-electron chi connectivity index (χ2n) is 6.28. The van der Waals surface area contributed by atoms with Crippen LogP contribution in [0.3, 0.4) is 0 Å². The zero-order valence-electron chi connectivity index (χ0n) is 15.3. The molecule has 1 amide bonds. The van der Waals surface area contributed by atoms with Crippen LogP contribution in [0.1, 0.15) is 30.5 Å². The Morgan fingerprint density at radius 3 is 2.71 bits per heavy atom. The number of carbonyl (C=O) groups excluding carboxylic acids is 1. The van der Waals surface area contributed by atoms with E-state index in [4.69, 9.17) is 4.74 Å². The third kappa shape index (κ3) is 5.01. The van der Waals surface area contributed by atoms with Gasteiger partial charge in [-0.1, -0.05) is 35.0 Å². The fourth-order valence-electron chi connectivity index (χ4n) is 2.94. The lowest BCUT2D eigenvalue weighted by Gasteiger charge is -2.26. The molecule has 0 radical (unpaired) electrons. The van der Waals surface area contributed by atoms with Crippen LogP contribution in [0, 0.1) is 0 Å². The van der Waals surface area contributed by atoms with Crippen molar-refractivity contribution in [3.63, 3.8) is 0 Å². The molecule has 0 fully saturated rings. The summed E-state index contributed by atoms with van der Waals surface area (Å²) in [5, 5.41) is 2.99. The molecule has 148 valence electrons. The quantitative estimate of drug-likeness (QED) is 0.641. The zero-order chi connectivity index (χ0) is 20.1. The van der Waals surface area contributed by atoms with Gasteiger partial charge in [0.1, 0.15) is 5.75 Å². The molecule has 0 bridgehead atoms. The molecule has 0 saturated heterocycles. The van der Waals surface area contributed by atoms with E-state index in [-0.39, 0.29) is 16.8 Å². The first kappa shape index (κ1) is 20.6. The van der Waals surface area contributed by atoms with Crippen LogP contribution in [-0.2, 0) is 14.8 Å². The monoisotopic (exact) mass is 464 g/mol. The van der Waals surface area contributed by atoms with E-state index < -0.39 is 10.0 Å². The number of fused-ring (bicyclic) bond motifs is 1. The second-order valence-corrected chi connectivity index (χ2v) is 8.97. The Kier molecular flexibility index (Phi) is 6.53. The van der Waals surface area contributed by atoms with Crippen molar-refractivity contribution in [1.29, 1.82) is 0 Å². The predicted molar refractivity (Wildman–Crippen MR) is 111 cm³/mol. The molecule has 0 saturated carbocycles. The van der Waals surface area contributed by atoms with Gasteiger partial charge in [0.15, 0.2) is 0 Å². The van der Waals surface area contributed by atoms with Crippen molar-refractivity contribution in [2.75, 3.05) is 13.2 Å². The van der Waals surface area contributed by atoms with Gasteiger partial charge in [0.05, 0.1) is 17.5 Å². The topological polar surface area (TPSA) is 84.5 Å². The molecule has 1 aliphatic heterocycles. The lowest BCUT2D eigenvalue weighted by atomic mass is 10.0. The van der Waals surface area contributed by atoms with Crippen LogP contribution in [0.4, 0.5) is 0 Å². The largest absolute Gasteiger partial charge is 0.493 e. The minimum atomic E-state index is -3.48. The zero-order valence-corrected chi connectivity index (χ0v) is 17.7. The van der Waals surface area contributed by atoms with Crippen molar-refractivity contribution < 1.29 is 17.9 Å². The van der Waals surface area contributed by atoms with Crippen LogP contribution in [0.15, 0.2) is 57.9 Å². The van der Waals surface area contributed by atoms with Crippen LogP contribution in [0.5, 0.6) is 5.75 Å². The molecule has 3 rings (SSSR count). The number of amides is 1. The van der Waals surface area contributed by atoms with Gasteiger partial charge in [-0.3, -0.25) is 4.79 Å². The Morgan fingerprint density at radius 2 is 2.00 bits per heavy atom. The highest BCUT2D eigenvalue weighted by Crippen LogP contribution is 2.34. The molecule has 2 N–H and O–H groups in total. The third-order valence-corrected chi connectivity index (χ3v) is 6.33. The summed E-state index contributed by atoms with van der Waals surface area (Å²) in [7, 11) is -3.48. The van der Waals surface area contributed by atoms with Gasteiger partial charge in [-0.05, 0) is 42.0 Å². The van der Waals surface area contributed by atoms with E-state index in [9.17, 15) is 13.2 Å². The van der Waals surface area contributed by atoms with Crippen LogP contribution < -0.4 is 14.8 Å². The van der Waals surface area contributed by atoms with Crippen LogP contribution in [0.25, 0.3) is 6.08 Å². The highest BCUT2D eigenvalue weighted by atomic mass is 79.9. The minimum Gasteiger partial charge on any atom is -0.493 e. The number of sulfonamides is 1. The lowest BCUT2D eigenvalue weighted by Crippen LogP contribution is -2.31. The Labute approximate surface area is 173 Å². The first-order valence-electron chi connectivity index (χ1n) is 8.89. The minimum absolute atomic E-state index is 0.119. The Morgan fingerprint density at radius 1 is 1.25 bits per heavy atom. The van der Waals surface area contributed by atoms with Crippen LogP contribution in [-0.4, -0.2) is 27.5 Å². The summed E-state index contributed by atoms with van der Waals surface area (Å²) in [5.41, 5.74) is 1.68.